The number of piperidine rings is 1. The van der Waals surface area contributed by atoms with E-state index in [1.54, 1.807) is 7.11 Å². The van der Waals surface area contributed by atoms with Gasteiger partial charge in [0.05, 0.1) is 6.61 Å². The highest BCUT2D eigenvalue weighted by molar-refractivity contribution is 5.38. The Bertz CT molecular complexity index is 357. The number of aromatic nitrogens is 1. The van der Waals surface area contributed by atoms with Crippen LogP contribution in [0.5, 0.6) is 0 Å². The maximum absolute atomic E-state index is 5.31. The molecule has 2 rings (SSSR count). The third kappa shape index (κ3) is 4.46. The summed E-state index contributed by atoms with van der Waals surface area (Å²) in [4.78, 5) is 6.81. The Balaban J connectivity index is 1.79. The summed E-state index contributed by atoms with van der Waals surface area (Å²) in [7, 11) is 1.79. The minimum Gasteiger partial charge on any atom is -0.383 e. The number of ether oxygens (including phenoxy) is 1. The molecule has 1 atom stereocenters. The lowest BCUT2D eigenvalue weighted by Crippen LogP contribution is -2.47. The molecule has 1 aromatic heterocycles. The van der Waals surface area contributed by atoms with Crippen molar-refractivity contribution in [2.45, 2.75) is 44.7 Å². The molecule has 2 heterocycles. The molecule has 4 heteroatoms. The van der Waals surface area contributed by atoms with Crippen molar-refractivity contribution in [3.8, 4) is 0 Å². The predicted octanol–water partition coefficient (Wildman–Crippen LogP) is 2.46. The average molecular weight is 277 g/mol. The molecule has 112 valence electrons. The molecule has 20 heavy (non-hydrogen) atoms. The summed E-state index contributed by atoms with van der Waals surface area (Å²) < 4.78 is 5.31. The van der Waals surface area contributed by atoms with E-state index in [0.717, 1.165) is 25.5 Å². The predicted molar refractivity (Wildman–Crippen MR) is 83.2 cm³/mol. The molecule has 1 saturated heterocycles. The lowest BCUT2D eigenvalue weighted by Gasteiger charge is -2.35. The van der Waals surface area contributed by atoms with E-state index in [-0.39, 0.29) is 0 Å². The molecule has 0 amide bonds. The Morgan fingerprint density at radius 1 is 1.40 bits per heavy atom. The molecule has 1 N–H and O–H groups in total. The van der Waals surface area contributed by atoms with Gasteiger partial charge >= 0.3 is 0 Å². The molecule has 1 unspecified atom stereocenters. The van der Waals surface area contributed by atoms with Crippen molar-refractivity contribution >= 4 is 5.82 Å². The van der Waals surface area contributed by atoms with Crippen LogP contribution in [0.1, 0.15) is 32.6 Å². The van der Waals surface area contributed by atoms with Gasteiger partial charge in [0.1, 0.15) is 5.82 Å². The molecule has 0 bridgehead atoms. The molecule has 1 aliphatic rings. The van der Waals surface area contributed by atoms with Crippen molar-refractivity contribution in [3.05, 3.63) is 24.4 Å². The molecular formula is C16H27N3O. The van der Waals surface area contributed by atoms with Crippen LogP contribution in [0.2, 0.25) is 0 Å². The quantitative estimate of drug-likeness (QED) is 0.831. The zero-order valence-corrected chi connectivity index (χ0v) is 12.7. The van der Waals surface area contributed by atoms with Gasteiger partial charge in [0.25, 0.3) is 0 Å². The lowest BCUT2D eigenvalue weighted by atomic mass is 10.0. The first-order valence-electron chi connectivity index (χ1n) is 7.74. The Hall–Kier alpha value is -1.13. The van der Waals surface area contributed by atoms with Gasteiger partial charge in [-0.15, -0.1) is 0 Å². The van der Waals surface area contributed by atoms with Gasteiger partial charge in [0, 0.05) is 38.5 Å². The molecule has 0 aliphatic carbocycles. The van der Waals surface area contributed by atoms with Crippen LogP contribution in [0.3, 0.4) is 0 Å². The van der Waals surface area contributed by atoms with Gasteiger partial charge in [-0.25, -0.2) is 4.98 Å². The third-order valence-electron chi connectivity index (χ3n) is 3.94. The third-order valence-corrected chi connectivity index (χ3v) is 3.94. The van der Waals surface area contributed by atoms with Crippen molar-refractivity contribution < 1.29 is 4.74 Å². The first-order chi connectivity index (χ1) is 9.83. The molecular weight excluding hydrogens is 250 g/mol. The molecule has 0 aromatic carbocycles. The zero-order valence-electron chi connectivity index (χ0n) is 12.7. The van der Waals surface area contributed by atoms with E-state index in [2.05, 4.69) is 34.3 Å². The number of pyridine rings is 1. The van der Waals surface area contributed by atoms with Crippen LogP contribution in [0.15, 0.2) is 24.4 Å². The van der Waals surface area contributed by atoms with Crippen molar-refractivity contribution in [3.63, 3.8) is 0 Å². The second-order valence-corrected chi connectivity index (χ2v) is 5.56. The number of nitrogens with one attached hydrogen (secondary N) is 1. The Morgan fingerprint density at radius 2 is 2.20 bits per heavy atom. The second-order valence-electron chi connectivity index (χ2n) is 5.56. The van der Waals surface area contributed by atoms with E-state index in [9.17, 15) is 0 Å². The van der Waals surface area contributed by atoms with Gasteiger partial charge in [-0.3, -0.25) is 0 Å². The SMILES string of the molecule is CCCC(COC)NC1CCN(c2ccccn2)CC1. The van der Waals surface area contributed by atoms with Crippen LogP contribution >= 0.6 is 0 Å². The number of anilines is 1. The van der Waals surface area contributed by atoms with E-state index in [0.29, 0.717) is 12.1 Å². The minimum absolute atomic E-state index is 0.497. The lowest BCUT2D eigenvalue weighted by molar-refractivity contribution is 0.153. The van der Waals surface area contributed by atoms with Crippen molar-refractivity contribution in [2.75, 3.05) is 31.7 Å². The fourth-order valence-electron chi connectivity index (χ4n) is 2.91. The molecule has 1 aromatic rings. The second kappa shape index (κ2) is 8.22. The maximum Gasteiger partial charge on any atom is 0.128 e. The maximum atomic E-state index is 5.31. The van der Waals surface area contributed by atoms with Crippen LogP contribution in [0, 0.1) is 0 Å². The van der Waals surface area contributed by atoms with E-state index in [1.807, 2.05) is 12.3 Å². The summed E-state index contributed by atoms with van der Waals surface area (Å²) in [5.41, 5.74) is 0. The van der Waals surface area contributed by atoms with Crippen molar-refractivity contribution in [1.29, 1.82) is 0 Å². The summed E-state index contributed by atoms with van der Waals surface area (Å²) in [6, 6.07) is 7.23. The van der Waals surface area contributed by atoms with Crippen LogP contribution in [0.4, 0.5) is 5.82 Å². The molecule has 0 saturated carbocycles. The number of methoxy groups -OCH3 is 1. The van der Waals surface area contributed by atoms with Gasteiger partial charge in [-0.1, -0.05) is 19.4 Å². The van der Waals surface area contributed by atoms with E-state index >= 15 is 0 Å². The summed E-state index contributed by atoms with van der Waals surface area (Å²) >= 11 is 0. The normalized spacial score (nSPS) is 18.2. The van der Waals surface area contributed by atoms with Gasteiger partial charge in [-0.2, -0.15) is 0 Å². The molecule has 1 fully saturated rings. The van der Waals surface area contributed by atoms with E-state index < -0.39 is 0 Å². The Kier molecular flexibility index (Phi) is 6.27. The summed E-state index contributed by atoms with van der Waals surface area (Å²) in [6.45, 7) is 5.21. The highest BCUT2D eigenvalue weighted by Gasteiger charge is 2.22. The number of nitrogens with zero attached hydrogens (tertiary/aromatic N) is 2. The largest absolute Gasteiger partial charge is 0.383 e. The first kappa shape index (κ1) is 15.3. The highest BCUT2D eigenvalue weighted by Crippen LogP contribution is 2.18. The summed E-state index contributed by atoms with van der Waals surface area (Å²) in [5.74, 6) is 1.10. The zero-order chi connectivity index (χ0) is 14.2. The molecule has 1 aliphatic heterocycles. The minimum atomic E-state index is 0.497. The standard InChI is InChI=1S/C16H27N3O/c1-3-6-15(13-20-2)18-14-8-11-19(12-9-14)16-7-4-5-10-17-16/h4-5,7,10,14-15,18H,3,6,8-9,11-13H2,1-2H3. The fraction of sp³-hybridized carbons (Fsp3) is 0.688. The van der Waals surface area contributed by atoms with Crippen LogP contribution in [0.25, 0.3) is 0 Å². The molecule has 4 nitrogen and oxygen atoms in total. The highest BCUT2D eigenvalue weighted by atomic mass is 16.5. The number of hydrogen-bond acceptors (Lipinski definition) is 4. The monoisotopic (exact) mass is 277 g/mol. The Labute approximate surface area is 122 Å². The van der Waals surface area contributed by atoms with Gasteiger partial charge in [0.2, 0.25) is 0 Å². The average Bonchev–Trinajstić information content (AvgIpc) is 2.49. The number of rotatable bonds is 7. The first-order valence-corrected chi connectivity index (χ1v) is 7.74. The number of hydrogen-bond donors (Lipinski definition) is 1. The molecule has 0 radical (unpaired) electrons. The van der Waals surface area contributed by atoms with Crippen molar-refractivity contribution in [1.82, 2.24) is 10.3 Å². The van der Waals surface area contributed by atoms with Crippen LogP contribution in [-0.2, 0) is 4.74 Å². The Morgan fingerprint density at radius 3 is 2.80 bits per heavy atom. The van der Waals surface area contributed by atoms with Gasteiger partial charge in [-0.05, 0) is 31.4 Å². The van der Waals surface area contributed by atoms with Crippen molar-refractivity contribution in [2.24, 2.45) is 0 Å². The van der Waals surface area contributed by atoms with Crippen LogP contribution in [-0.4, -0.2) is 43.9 Å². The van der Waals surface area contributed by atoms with E-state index in [4.69, 9.17) is 4.74 Å². The summed E-state index contributed by atoms with van der Waals surface area (Å²) in [5, 5.41) is 3.76. The molecule has 0 spiro atoms. The van der Waals surface area contributed by atoms with E-state index in [1.165, 1.54) is 25.7 Å². The smallest absolute Gasteiger partial charge is 0.128 e. The van der Waals surface area contributed by atoms with Gasteiger partial charge in [0.15, 0.2) is 0 Å². The van der Waals surface area contributed by atoms with Gasteiger partial charge < -0.3 is 15.0 Å². The van der Waals surface area contributed by atoms with Crippen LogP contribution < -0.4 is 10.2 Å². The fourth-order valence-corrected chi connectivity index (χ4v) is 2.91. The topological polar surface area (TPSA) is 37.4 Å². The summed E-state index contributed by atoms with van der Waals surface area (Å²) in [6.07, 6.45) is 6.62.